The van der Waals surface area contributed by atoms with Gasteiger partial charge in [-0.05, 0) is 78.2 Å². The van der Waals surface area contributed by atoms with Crippen molar-refractivity contribution in [1.29, 1.82) is 0 Å². The zero-order valence-corrected chi connectivity index (χ0v) is 24.4. The Morgan fingerprint density at radius 2 is 1.70 bits per heavy atom. The van der Waals surface area contributed by atoms with Crippen molar-refractivity contribution in [2.75, 3.05) is 17.3 Å². The molecule has 44 heavy (non-hydrogen) atoms. The van der Waals surface area contributed by atoms with Gasteiger partial charge in [-0.1, -0.05) is 24.3 Å². The fourth-order valence-corrected chi connectivity index (χ4v) is 5.63. The third-order valence-corrected chi connectivity index (χ3v) is 8.35. The molecule has 0 bridgehead atoms. The number of nitrogens with two attached hydrogens (primary N) is 1. The van der Waals surface area contributed by atoms with Gasteiger partial charge in [-0.3, -0.25) is 0 Å². The minimum atomic E-state index is -4.53. The van der Waals surface area contributed by atoms with E-state index >= 15 is 0 Å². The topological polar surface area (TPSA) is 120 Å². The highest BCUT2D eigenvalue weighted by Gasteiger charge is 2.31. The van der Waals surface area contributed by atoms with Crippen LogP contribution in [0.1, 0.15) is 16.7 Å². The van der Waals surface area contributed by atoms with Crippen LogP contribution in [0.3, 0.4) is 0 Å². The van der Waals surface area contributed by atoms with E-state index in [4.69, 9.17) is 5.73 Å². The van der Waals surface area contributed by atoms with E-state index in [2.05, 4.69) is 20.5 Å². The normalized spacial score (nSPS) is 12.1. The van der Waals surface area contributed by atoms with E-state index in [1.165, 1.54) is 22.7 Å². The summed E-state index contributed by atoms with van der Waals surface area (Å²) in [5.41, 5.74) is 10.5. The number of aromatic nitrogens is 5. The summed E-state index contributed by atoms with van der Waals surface area (Å²) in [4.78, 5) is 4.86. The van der Waals surface area contributed by atoms with Gasteiger partial charge >= 0.3 is 6.18 Å². The summed E-state index contributed by atoms with van der Waals surface area (Å²) in [6.45, 7) is 2.12. The fraction of sp³-hybridized carbons (Fsp3) is 0.129. The smallest absolute Gasteiger partial charge is 0.399 e. The highest BCUT2D eigenvalue weighted by molar-refractivity contribution is 7.90. The molecule has 3 heterocycles. The molecule has 0 aliphatic carbocycles. The Bertz CT molecular complexity index is 2100. The molecule has 6 aromatic rings. The second-order valence-electron chi connectivity index (χ2n) is 10.3. The van der Waals surface area contributed by atoms with Gasteiger partial charge in [0.25, 0.3) is 0 Å². The van der Waals surface area contributed by atoms with Crippen LogP contribution in [0.15, 0.2) is 96.2 Å². The minimum absolute atomic E-state index is 0.207. The number of fused-ring (bicyclic) bond motifs is 1. The van der Waals surface area contributed by atoms with Crippen molar-refractivity contribution in [3.05, 3.63) is 108 Å². The van der Waals surface area contributed by atoms with Crippen LogP contribution in [0.2, 0.25) is 0 Å². The largest absolute Gasteiger partial charge is 0.416 e. The fourth-order valence-electron chi connectivity index (χ4n) is 5.00. The van der Waals surface area contributed by atoms with Gasteiger partial charge in [0.05, 0.1) is 28.0 Å². The molecule has 0 saturated carbocycles. The van der Waals surface area contributed by atoms with Crippen molar-refractivity contribution in [3.63, 3.8) is 0 Å². The van der Waals surface area contributed by atoms with E-state index in [-0.39, 0.29) is 17.4 Å². The number of alkyl halides is 3. The molecule has 0 fully saturated rings. The van der Waals surface area contributed by atoms with Crippen molar-refractivity contribution in [2.24, 2.45) is 0 Å². The van der Waals surface area contributed by atoms with Gasteiger partial charge in [0.15, 0.2) is 15.5 Å². The van der Waals surface area contributed by atoms with Crippen molar-refractivity contribution < 1.29 is 21.6 Å². The maximum atomic E-state index is 13.7. The van der Waals surface area contributed by atoms with Crippen LogP contribution in [0.4, 0.5) is 24.8 Å². The minimum Gasteiger partial charge on any atom is -0.399 e. The van der Waals surface area contributed by atoms with Gasteiger partial charge in [0.1, 0.15) is 0 Å². The number of nitrogens with one attached hydrogen (secondary N) is 1. The molecule has 3 aromatic heterocycles. The highest BCUT2D eigenvalue weighted by atomic mass is 32.2. The third-order valence-electron chi connectivity index (χ3n) is 7.22. The molecule has 0 amide bonds. The first-order valence-electron chi connectivity index (χ1n) is 13.4. The summed E-state index contributed by atoms with van der Waals surface area (Å²) in [5, 5.41) is 12.2. The highest BCUT2D eigenvalue weighted by Crippen LogP contribution is 2.38. The van der Waals surface area contributed by atoms with Crippen molar-refractivity contribution in [2.45, 2.75) is 24.5 Å². The van der Waals surface area contributed by atoms with Gasteiger partial charge in [0.2, 0.25) is 5.95 Å². The lowest BCUT2D eigenvalue weighted by molar-refractivity contribution is -0.137. The van der Waals surface area contributed by atoms with Crippen molar-refractivity contribution in [3.8, 4) is 28.1 Å². The van der Waals surface area contributed by atoms with E-state index in [9.17, 15) is 21.6 Å². The Hall–Kier alpha value is -5.17. The number of nitrogen functional groups attached to an aromatic ring is 1. The van der Waals surface area contributed by atoms with Crippen LogP contribution >= 0.6 is 0 Å². The number of sulfone groups is 1. The Morgan fingerprint density at radius 3 is 2.39 bits per heavy atom. The van der Waals surface area contributed by atoms with Crippen LogP contribution in [0, 0.1) is 6.92 Å². The molecule has 0 atom stereocenters. The number of pyridine rings is 1. The van der Waals surface area contributed by atoms with E-state index in [1.807, 2.05) is 25.1 Å². The molecule has 6 rings (SSSR count). The zero-order valence-electron chi connectivity index (χ0n) is 23.5. The van der Waals surface area contributed by atoms with Crippen LogP contribution < -0.4 is 11.1 Å². The van der Waals surface area contributed by atoms with Gasteiger partial charge in [0, 0.05) is 35.8 Å². The maximum Gasteiger partial charge on any atom is 0.416 e. The van der Waals surface area contributed by atoms with Crippen LogP contribution in [0.25, 0.3) is 33.7 Å². The predicted octanol–water partition coefficient (Wildman–Crippen LogP) is 6.17. The van der Waals surface area contributed by atoms with Crippen LogP contribution in [-0.4, -0.2) is 39.1 Å². The lowest BCUT2D eigenvalue weighted by atomic mass is 9.95. The lowest BCUT2D eigenvalue weighted by Gasteiger charge is -2.16. The third kappa shape index (κ3) is 5.61. The zero-order chi connectivity index (χ0) is 31.2. The first-order chi connectivity index (χ1) is 20.9. The van der Waals surface area contributed by atoms with Gasteiger partial charge in [-0.2, -0.15) is 23.3 Å². The van der Waals surface area contributed by atoms with E-state index in [1.54, 1.807) is 47.4 Å². The quantitative estimate of drug-likeness (QED) is 0.206. The molecule has 0 aliphatic rings. The van der Waals surface area contributed by atoms with E-state index in [0.717, 1.165) is 29.6 Å². The van der Waals surface area contributed by atoms with E-state index < -0.39 is 21.6 Å². The van der Waals surface area contributed by atoms with Crippen molar-refractivity contribution >= 4 is 27.1 Å². The molecule has 13 heteroatoms. The first kappa shape index (κ1) is 28.9. The number of halogens is 3. The Balaban J connectivity index is 1.47. The summed E-state index contributed by atoms with van der Waals surface area (Å²) >= 11 is 0. The number of hydrogen-bond donors (Lipinski definition) is 2. The van der Waals surface area contributed by atoms with Crippen LogP contribution in [-0.2, 0) is 22.6 Å². The molecule has 0 spiro atoms. The number of anilines is 2. The Kier molecular flexibility index (Phi) is 7.12. The molecular weight excluding hydrogens is 591 g/mol. The molecule has 0 saturated heterocycles. The second kappa shape index (κ2) is 10.8. The lowest BCUT2D eigenvalue weighted by Crippen LogP contribution is -2.06. The molecule has 0 aliphatic heterocycles. The maximum absolute atomic E-state index is 13.7. The molecule has 9 nitrogen and oxygen atoms in total. The average Bonchev–Trinajstić information content (AvgIpc) is 3.63. The molecule has 0 unspecified atom stereocenters. The summed E-state index contributed by atoms with van der Waals surface area (Å²) in [6, 6.07) is 20.5. The summed E-state index contributed by atoms with van der Waals surface area (Å²) < 4.78 is 68.0. The SMILES string of the molecule is Cc1c(-c2ccnn2-c2ccc(N)cc2)cn2nc(NCc3ccc(S(C)(=O)=O)cc3)nc2c1-c1cccc(C(F)(F)F)c1. The molecular formula is C31H26F3N7O2S. The standard InChI is InChI=1S/C31H26F3N7O2S/c1-19-26(27-14-15-37-41(27)24-10-8-23(35)9-11-24)18-40-29(28(19)21-4-3-5-22(16-21)31(32,33)34)38-30(39-40)36-17-20-6-12-25(13-7-20)44(2,42)43/h3-16,18H,17,35H2,1-2H3,(H,36,39). The number of rotatable bonds is 7. The Morgan fingerprint density at radius 1 is 0.977 bits per heavy atom. The molecule has 0 radical (unpaired) electrons. The molecule has 3 N–H and O–H groups in total. The first-order valence-corrected chi connectivity index (χ1v) is 15.3. The Labute approximate surface area is 250 Å². The summed E-state index contributed by atoms with van der Waals surface area (Å²) in [6.07, 6.45) is 0.0226. The summed E-state index contributed by atoms with van der Waals surface area (Å²) in [5.74, 6) is 0.244. The predicted molar refractivity (Wildman–Crippen MR) is 162 cm³/mol. The number of hydrogen-bond acceptors (Lipinski definition) is 7. The van der Waals surface area contributed by atoms with Gasteiger partial charge < -0.3 is 11.1 Å². The molecule has 3 aromatic carbocycles. The molecule has 224 valence electrons. The van der Waals surface area contributed by atoms with Gasteiger partial charge in [-0.25, -0.2) is 17.6 Å². The summed E-state index contributed by atoms with van der Waals surface area (Å²) in [7, 11) is -3.33. The number of nitrogens with zero attached hydrogens (tertiary/aromatic N) is 5. The van der Waals surface area contributed by atoms with Gasteiger partial charge in [-0.15, -0.1) is 5.10 Å². The monoisotopic (exact) mass is 617 g/mol. The number of benzene rings is 3. The van der Waals surface area contributed by atoms with E-state index in [0.29, 0.717) is 39.3 Å². The van der Waals surface area contributed by atoms with Crippen LogP contribution in [0.5, 0.6) is 0 Å². The second-order valence-corrected chi connectivity index (χ2v) is 12.3. The van der Waals surface area contributed by atoms with Crippen molar-refractivity contribution in [1.82, 2.24) is 24.4 Å². The average molecular weight is 618 g/mol.